The summed E-state index contributed by atoms with van der Waals surface area (Å²) in [6.45, 7) is 6.12. The third-order valence-electron chi connectivity index (χ3n) is 13.0. The highest BCUT2D eigenvalue weighted by molar-refractivity contribution is 6.71. The molecule has 5 aromatic carbocycles. The second kappa shape index (κ2) is 16.0. The number of aromatic nitrogens is 7. The van der Waals surface area contributed by atoms with E-state index in [9.17, 15) is 19.5 Å². The van der Waals surface area contributed by atoms with Crippen molar-refractivity contribution in [1.82, 2.24) is 34.6 Å². The smallest absolute Gasteiger partial charge is 0.279 e. The monoisotopic (exact) mass is 870 g/mol. The Hall–Kier alpha value is -6.91. The number of hydrogen-bond acceptors (Lipinski definition) is 10. The van der Waals surface area contributed by atoms with Crippen LogP contribution in [0.2, 0.25) is 18.6 Å². The van der Waals surface area contributed by atoms with Gasteiger partial charge in [-0.1, -0.05) is 91.0 Å². The van der Waals surface area contributed by atoms with Gasteiger partial charge in [0, 0.05) is 40.5 Å². The van der Waals surface area contributed by atoms with E-state index in [1.54, 1.807) is 40.2 Å². The summed E-state index contributed by atoms with van der Waals surface area (Å²) in [5.74, 6) is -1.13. The van der Waals surface area contributed by atoms with Gasteiger partial charge in [0.1, 0.15) is 0 Å². The first-order valence-corrected chi connectivity index (χ1v) is 24.4. The number of fused-ring (bicyclic) bond motifs is 4. The molecule has 64 heavy (non-hydrogen) atoms. The fourth-order valence-electron chi connectivity index (χ4n) is 10.0. The van der Waals surface area contributed by atoms with Crippen LogP contribution in [0.25, 0.3) is 32.9 Å². The van der Waals surface area contributed by atoms with Crippen LogP contribution < -0.4 is 16.0 Å². The van der Waals surface area contributed by atoms with Crippen LogP contribution in [0, 0.1) is 5.92 Å². The molecule has 5 atom stereocenters. The van der Waals surface area contributed by atoms with Crippen molar-refractivity contribution < 1.29 is 19.4 Å². The number of aryl methyl sites for hydroxylation is 1. The van der Waals surface area contributed by atoms with E-state index in [0.29, 0.717) is 57.4 Å². The van der Waals surface area contributed by atoms with Gasteiger partial charge in [-0.2, -0.15) is 19.6 Å². The molecular formula is C49H46N8O6Si. The molecule has 1 spiro atoms. The Bertz CT molecular complexity index is 3200. The van der Waals surface area contributed by atoms with Crippen LogP contribution in [0.3, 0.4) is 0 Å². The predicted molar refractivity (Wildman–Crippen MR) is 245 cm³/mol. The Morgan fingerprint density at radius 3 is 2.08 bits per heavy atom. The summed E-state index contributed by atoms with van der Waals surface area (Å²) in [6, 6.07) is 37.1. The van der Waals surface area contributed by atoms with Gasteiger partial charge in [0.25, 0.3) is 17.0 Å². The Kier molecular flexibility index (Phi) is 10.3. The molecule has 3 aromatic heterocycles. The lowest BCUT2D eigenvalue weighted by atomic mass is 9.82. The summed E-state index contributed by atoms with van der Waals surface area (Å²) in [5, 5.41) is 30.7. The Balaban J connectivity index is 1.03. The van der Waals surface area contributed by atoms with Crippen molar-refractivity contribution in [3.63, 3.8) is 0 Å². The normalized spacial score (nSPS) is 20.1. The molecule has 5 heterocycles. The fourth-order valence-corrected chi connectivity index (χ4v) is 12.6. The lowest BCUT2D eigenvalue weighted by Crippen LogP contribution is -2.46. The van der Waals surface area contributed by atoms with Crippen molar-refractivity contribution in [2.45, 2.75) is 62.7 Å². The summed E-state index contributed by atoms with van der Waals surface area (Å²) in [7, 11) is -3.06. The van der Waals surface area contributed by atoms with Gasteiger partial charge in [-0.3, -0.25) is 19.1 Å². The van der Waals surface area contributed by atoms with Crippen molar-refractivity contribution in [3.8, 4) is 11.4 Å². The number of amides is 1. The van der Waals surface area contributed by atoms with E-state index in [1.807, 2.05) is 129 Å². The van der Waals surface area contributed by atoms with E-state index in [2.05, 4.69) is 20.5 Å². The second-order valence-electron chi connectivity index (χ2n) is 17.4. The van der Waals surface area contributed by atoms with Crippen LogP contribution in [0.5, 0.6) is 0 Å². The van der Waals surface area contributed by atoms with Crippen molar-refractivity contribution in [2.24, 2.45) is 5.92 Å². The van der Waals surface area contributed by atoms with E-state index < -0.39 is 25.9 Å². The number of hydrogen-bond donors (Lipinski definition) is 2. The predicted octanol–water partition coefficient (Wildman–Crippen LogP) is 6.24. The van der Waals surface area contributed by atoms with E-state index in [4.69, 9.17) is 4.74 Å². The minimum Gasteiger partial charge on any atom is -0.432 e. The molecule has 8 aromatic rings. The number of carbonyl (C=O) groups is 1. The van der Waals surface area contributed by atoms with Crippen molar-refractivity contribution in [1.29, 1.82) is 0 Å². The number of benzene rings is 5. The average Bonchev–Trinajstić information content (AvgIpc) is 3.96. The highest BCUT2D eigenvalue weighted by Gasteiger charge is 2.66. The van der Waals surface area contributed by atoms with Crippen LogP contribution in [-0.2, 0) is 28.2 Å². The summed E-state index contributed by atoms with van der Waals surface area (Å²) in [4.78, 5) is 56.8. The van der Waals surface area contributed by atoms with Crippen molar-refractivity contribution >= 4 is 41.5 Å². The summed E-state index contributed by atoms with van der Waals surface area (Å²) >= 11 is 0. The highest BCUT2D eigenvalue weighted by atomic mass is 28.4. The van der Waals surface area contributed by atoms with Gasteiger partial charge >= 0.3 is 0 Å². The van der Waals surface area contributed by atoms with Crippen molar-refractivity contribution in [2.75, 3.05) is 11.5 Å². The van der Waals surface area contributed by atoms with E-state index in [0.717, 1.165) is 16.5 Å². The topological polar surface area (TPSA) is 170 Å². The van der Waals surface area contributed by atoms with E-state index >= 15 is 4.79 Å². The van der Waals surface area contributed by atoms with Gasteiger partial charge in [-0.15, -0.1) is 5.10 Å². The minimum atomic E-state index is -3.06. The van der Waals surface area contributed by atoms with Crippen LogP contribution >= 0.6 is 0 Å². The summed E-state index contributed by atoms with van der Waals surface area (Å²) < 4.78 is 11.6. The molecule has 10 rings (SSSR count). The number of anilines is 1. The molecule has 0 aliphatic carbocycles. The molecule has 14 nitrogen and oxygen atoms in total. The van der Waals surface area contributed by atoms with Gasteiger partial charge < -0.3 is 19.5 Å². The van der Waals surface area contributed by atoms with Crippen LogP contribution in [0.1, 0.15) is 41.6 Å². The molecule has 1 saturated heterocycles. The molecule has 2 N–H and O–H groups in total. The number of nitrogens with zero attached hydrogens (tertiary/aromatic N) is 8. The minimum absolute atomic E-state index is 0.134. The zero-order valence-electron chi connectivity index (χ0n) is 35.5. The zero-order valence-corrected chi connectivity index (χ0v) is 36.5. The van der Waals surface area contributed by atoms with Gasteiger partial charge in [0.05, 0.1) is 71.1 Å². The summed E-state index contributed by atoms with van der Waals surface area (Å²) in [6.07, 6.45) is 4.99. The molecule has 2 aliphatic rings. The number of aliphatic hydroxyl groups excluding tert-OH is 1. The molecule has 0 bridgehead atoms. The quantitative estimate of drug-likeness (QED) is 0.142. The molecule has 15 heteroatoms. The number of ether oxygens (including phenoxy) is 1. The van der Waals surface area contributed by atoms with E-state index in [-0.39, 0.29) is 41.6 Å². The standard InChI is InChI=1S/C49H46N8O6Si/c1-31-45(64(2,3)62)44(22-23-54-29-42(52-53-54)40(30-58)33-13-5-4-6-14-33)63-49(31)41-25-37(57-47(60)39-19-10-8-16-35(39)27-51-57)20-21-43(41)55(48(49)61)28-32-12-11-17-36(24-32)56-46(59)38-18-9-7-15-34(38)26-50-56/h4-21,24-27,29,31,40,44-45,58,62H,22-23,28,30H2,1-3H3/t31-,40?,44+,45-,49+/m1/s1. The Morgan fingerprint density at radius 2 is 1.42 bits per heavy atom. The molecule has 1 fully saturated rings. The number of carbonyl (C=O) groups excluding carboxylic acids is 1. The first-order chi connectivity index (χ1) is 31.0. The van der Waals surface area contributed by atoms with Crippen molar-refractivity contribution in [3.05, 3.63) is 183 Å². The fraction of sp³-hybridized carbons (Fsp3) is 0.245. The Labute approximate surface area is 368 Å². The SMILES string of the molecule is C[C@@H]1[C@@H]([Si](C)(C)O)[C@H](CCn2cc(C(CO)c3ccccc3)nn2)O[C@@]12C(=O)N(Cc1cccc(-n3ncc4ccccc4c3=O)c1)c1ccc(-n3ncc4ccccc4c3=O)cc12. The first kappa shape index (κ1) is 41.1. The Morgan fingerprint density at radius 1 is 0.781 bits per heavy atom. The molecule has 0 saturated carbocycles. The van der Waals surface area contributed by atoms with Gasteiger partial charge in [0.2, 0.25) is 0 Å². The van der Waals surface area contributed by atoms with Crippen LogP contribution in [0.15, 0.2) is 150 Å². The summed E-state index contributed by atoms with van der Waals surface area (Å²) in [5.41, 5.74) is 2.03. The molecule has 322 valence electrons. The largest absolute Gasteiger partial charge is 0.432 e. The maximum Gasteiger partial charge on any atom is 0.279 e. The lowest BCUT2D eigenvalue weighted by molar-refractivity contribution is -0.146. The number of rotatable bonds is 11. The maximum absolute atomic E-state index is 15.5. The lowest BCUT2D eigenvalue weighted by Gasteiger charge is -2.32. The van der Waals surface area contributed by atoms with Gasteiger partial charge in [0.15, 0.2) is 13.9 Å². The number of aliphatic hydroxyl groups is 1. The van der Waals surface area contributed by atoms with E-state index in [1.165, 1.54) is 9.36 Å². The third-order valence-corrected chi connectivity index (χ3v) is 15.5. The molecule has 1 amide bonds. The molecule has 1 unspecified atom stereocenters. The van der Waals surface area contributed by atoms with Crippen LogP contribution in [-0.4, -0.2) is 71.4 Å². The van der Waals surface area contributed by atoms with Crippen LogP contribution in [0.4, 0.5) is 5.69 Å². The average molecular weight is 871 g/mol. The van der Waals surface area contributed by atoms with Gasteiger partial charge in [-0.25, -0.2) is 0 Å². The van der Waals surface area contributed by atoms with Gasteiger partial charge in [-0.05, 0) is 73.1 Å². The molecule has 2 aliphatic heterocycles. The third kappa shape index (κ3) is 6.88. The highest BCUT2D eigenvalue weighted by Crippen LogP contribution is 2.60. The zero-order chi connectivity index (χ0) is 44.3. The molecular weight excluding hydrogens is 825 g/mol. The second-order valence-corrected chi connectivity index (χ2v) is 21.3. The maximum atomic E-state index is 15.5. The molecule has 0 radical (unpaired) electrons. The first-order valence-electron chi connectivity index (χ1n) is 21.4.